The predicted octanol–water partition coefficient (Wildman–Crippen LogP) is 4.81. The van der Waals surface area contributed by atoms with E-state index in [0.717, 1.165) is 35.3 Å². The predicted molar refractivity (Wildman–Crippen MR) is 85.3 cm³/mol. The van der Waals surface area contributed by atoms with Crippen LogP contribution in [0.4, 0.5) is 0 Å². The van der Waals surface area contributed by atoms with Crippen molar-refractivity contribution in [2.75, 3.05) is 7.11 Å². The van der Waals surface area contributed by atoms with E-state index < -0.39 is 6.10 Å². The molecule has 0 saturated carbocycles. The Kier molecular flexibility index (Phi) is 5.64. The van der Waals surface area contributed by atoms with Crippen LogP contribution in [0.2, 0.25) is 0 Å². The van der Waals surface area contributed by atoms with Crippen molar-refractivity contribution in [2.24, 2.45) is 11.3 Å². The first-order chi connectivity index (χ1) is 9.14. The molecule has 0 aliphatic carbocycles. The highest BCUT2D eigenvalue weighted by Gasteiger charge is 2.20. The Labute approximate surface area is 124 Å². The van der Waals surface area contributed by atoms with E-state index in [1.54, 1.807) is 7.11 Å². The van der Waals surface area contributed by atoms with E-state index in [2.05, 4.69) is 33.8 Å². The molecular formula is C18H30O2. The molecule has 2 nitrogen and oxygen atoms in total. The minimum atomic E-state index is -0.392. The van der Waals surface area contributed by atoms with Crippen LogP contribution in [0, 0.1) is 25.2 Å². The number of aliphatic hydroxyl groups excluding tert-OH is 1. The quantitative estimate of drug-likeness (QED) is 0.837. The molecule has 0 amide bonds. The van der Waals surface area contributed by atoms with Gasteiger partial charge in [-0.25, -0.2) is 0 Å². The topological polar surface area (TPSA) is 29.5 Å². The lowest BCUT2D eigenvalue weighted by atomic mass is 9.82. The fraction of sp³-hybridized carbons (Fsp3) is 0.667. The fourth-order valence-electron chi connectivity index (χ4n) is 3.03. The lowest BCUT2D eigenvalue weighted by Crippen LogP contribution is -2.14. The largest absolute Gasteiger partial charge is 0.496 e. The zero-order valence-corrected chi connectivity index (χ0v) is 14.1. The Morgan fingerprint density at radius 3 is 2.25 bits per heavy atom. The zero-order chi connectivity index (χ0) is 15.5. The summed E-state index contributed by atoms with van der Waals surface area (Å²) in [5, 5.41) is 10.5. The Bertz CT molecular complexity index is 443. The maximum Gasteiger partial charge on any atom is 0.122 e. The van der Waals surface area contributed by atoms with Crippen LogP contribution >= 0.6 is 0 Å². The number of aryl methyl sites for hydroxylation is 2. The van der Waals surface area contributed by atoms with Crippen molar-refractivity contribution in [3.8, 4) is 5.75 Å². The average molecular weight is 278 g/mol. The summed E-state index contributed by atoms with van der Waals surface area (Å²) in [6.45, 7) is 13.0. The number of aliphatic hydroxyl groups is 1. The Morgan fingerprint density at radius 1 is 1.15 bits per heavy atom. The minimum Gasteiger partial charge on any atom is -0.496 e. The monoisotopic (exact) mass is 278 g/mol. The molecule has 20 heavy (non-hydrogen) atoms. The molecule has 1 N–H and O–H groups in total. The van der Waals surface area contributed by atoms with Crippen molar-refractivity contribution in [3.63, 3.8) is 0 Å². The summed E-state index contributed by atoms with van der Waals surface area (Å²) >= 11 is 0. The molecular weight excluding hydrogens is 248 g/mol. The van der Waals surface area contributed by atoms with Gasteiger partial charge in [0.2, 0.25) is 0 Å². The van der Waals surface area contributed by atoms with Gasteiger partial charge in [-0.3, -0.25) is 0 Å². The second kappa shape index (κ2) is 6.62. The first kappa shape index (κ1) is 17.0. The third-order valence-corrected chi connectivity index (χ3v) is 3.73. The van der Waals surface area contributed by atoms with Crippen molar-refractivity contribution >= 4 is 0 Å². The van der Waals surface area contributed by atoms with Crippen LogP contribution in [-0.4, -0.2) is 12.2 Å². The van der Waals surface area contributed by atoms with E-state index in [1.165, 1.54) is 0 Å². The summed E-state index contributed by atoms with van der Waals surface area (Å²) in [5.74, 6) is 1.40. The standard InChI is InChI=1S/C18H30O2/c1-12(11-18(4,5)6)8-16(19)15-9-14(3)17(20-7)10-13(15)2/h9-10,12,16,19H,8,11H2,1-7H3. The molecule has 2 heteroatoms. The number of rotatable bonds is 5. The Hall–Kier alpha value is -1.02. The molecule has 0 radical (unpaired) electrons. The lowest BCUT2D eigenvalue weighted by molar-refractivity contribution is 0.133. The maximum absolute atomic E-state index is 10.5. The highest BCUT2D eigenvalue weighted by atomic mass is 16.5. The van der Waals surface area contributed by atoms with Gasteiger partial charge >= 0.3 is 0 Å². The first-order valence-electron chi connectivity index (χ1n) is 7.47. The zero-order valence-electron chi connectivity index (χ0n) is 14.1. The molecule has 2 atom stereocenters. The second-order valence-electron chi connectivity index (χ2n) is 7.30. The molecule has 114 valence electrons. The van der Waals surface area contributed by atoms with Crippen LogP contribution in [0.5, 0.6) is 5.75 Å². The van der Waals surface area contributed by atoms with Gasteiger partial charge in [0.25, 0.3) is 0 Å². The fourth-order valence-corrected chi connectivity index (χ4v) is 3.03. The molecule has 0 aliphatic rings. The van der Waals surface area contributed by atoms with Crippen LogP contribution in [-0.2, 0) is 0 Å². The molecule has 0 saturated heterocycles. The Balaban J connectivity index is 2.82. The van der Waals surface area contributed by atoms with Gasteiger partial charge < -0.3 is 9.84 Å². The molecule has 0 spiro atoms. The summed E-state index contributed by atoms with van der Waals surface area (Å²) in [4.78, 5) is 0. The van der Waals surface area contributed by atoms with Crippen LogP contribution in [0.1, 0.15) is 63.3 Å². The molecule has 2 unspecified atom stereocenters. The third-order valence-electron chi connectivity index (χ3n) is 3.73. The number of methoxy groups -OCH3 is 1. The highest BCUT2D eigenvalue weighted by molar-refractivity contribution is 5.42. The van der Waals surface area contributed by atoms with Crippen molar-refractivity contribution in [1.29, 1.82) is 0 Å². The van der Waals surface area contributed by atoms with E-state index in [-0.39, 0.29) is 0 Å². The van der Waals surface area contributed by atoms with Crippen molar-refractivity contribution in [2.45, 2.75) is 60.5 Å². The van der Waals surface area contributed by atoms with Crippen molar-refractivity contribution in [3.05, 3.63) is 28.8 Å². The van der Waals surface area contributed by atoms with Gasteiger partial charge in [0.15, 0.2) is 0 Å². The summed E-state index contributed by atoms with van der Waals surface area (Å²) in [5.41, 5.74) is 3.52. The van der Waals surface area contributed by atoms with Crippen LogP contribution in [0.15, 0.2) is 12.1 Å². The smallest absolute Gasteiger partial charge is 0.122 e. The molecule has 1 rings (SSSR count). The summed E-state index contributed by atoms with van der Waals surface area (Å²) in [6, 6.07) is 4.07. The maximum atomic E-state index is 10.5. The first-order valence-corrected chi connectivity index (χ1v) is 7.47. The van der Waals surface area contributed by atoms with Gasteiger partial charge in [-0.15, -0.1) is 0 Å². The Morgan fingerprint density at radius 2 is 1.75 bits per heavy atom. The normalized spacial score (nSPS) is 15.0. The third kappa shape index (κ3) is 4.82. The number of hydrogen-bond donors (Lipinski definition) is 1. The van der Waals surface area contributed by atoms with Gasteiger partial charge in [-0.05, 0) is 66.8 Å². The highest BCUT2D eigenvalue weighted by Crippen LogP contribution is 2.33. The van der Waals surface area contributed by atoms with Crippen LogP contribution in [0.3, 0.4) is 0 Å². The van der Waals surface area contributed by atoms with E-state index in [9.17, 15) is 5.11 Å². The molecule has 0 aliphatic heterocycles. The van der Waals surface area contributed by atoms with Gasteiger partial charge in [-0.2, -0.15) is 0 Å². The van der Waals surface area contributed by atoms with Crippen LogP contribution in [0.25, 0.3) is 0 Å². The minimum absolute atomic E-state index is 0.310. The summed E-state index contributed by atoms with van der Waals surface area (Å²) < 4.78 is 5.33. The van der Waals surface area contributed by atoms with Gasteiger partial charge in [0.1, 0.15) is 5.75 Å². The number of ether oxygens (including phenoxy) is 1. The van der Waals surface area contributed by atoms with Gasteiger partial charge in [-0.1, -0.05) is 27.7 Å². The molecule has 0 aromatic heterocycles. The van der Waals surface area contributed by atoms with Gasteiger partial charge in [0, 0.05) is 0 Å². The number of hydrogen-bond acceptors (Lipinski definition) is 2. The van der Waals surface area contributed by atoms with E-state index in [1.807, 2.05) is 19.9 Å². The van der Waals surface area contributed by atoms with Crippen LogP contribution < -0.4 is 4.74 Å². The van der Waals surface area contributed by atoms with Crippen molar-refractivity contribution < 1.29 is 9.84 Å². The van der Waals surface area contributed by atoms with E-state index in [0.29, 0.717) is 11.3 Å². The SMILES string of the molecule is COc1cc(C)c(C(O)CC(C)CC(C)(C)C)cc1C. The summed E-state index contributed by atoms with van der Waals surface area (Å²) in [6.07, 6.45) is 1.54. The van der Waals surface area contributed by atoms with E-state index in [4.69, 9.17) is 4.74 Å². The lowest BCUT2D eigenvalue weighted by Gasteiger charge is -2.25. The summed E-state index contributed by atoms with van der Waals surface area (Å²) in [7, 11) is 1.68. The van der Waals surface area contributed by atoms with Gasteiger partial charge in [0.05, 0.1) is 13.2 Å². The molecule has 0 bridgehead atoms. The average Bonchev–Trinajstić information content (AvgIpc) is 2.28. The molecule has 1 aromatic rings. The van der Waals surface area contributed by atoms with Crippen molar-refractivity contribution in [1.82, 2.24) is 0 Å². The second-order valence-corrected chi connectivity index (χ2v) is 7.30. The van der Waals surface area contributed by atoms with E-state index >= 15 is 0 Å². The number of benzene rings is 1. The molecule has 1 aromatic carbocycles. The molecule has 0 fully saturated rings. The molecule has 0 heterocycles.